The topological polar surface area (TPSA) is 12.0 Å². The van der Waals surface area contributed by atoms with Crippen LogP contribution in [0.25, 0.3) is 0 Å². The molecule has 4 atom stereocenters. The van der Waals surface area contributed by atoms with Crippen LogP contribution in [0.15, 0.2) is 0 Å². The van der Waals surface area contributed by atoms with Gasteiger partial charge in [0.1, 0.15) is 0 Å². The molecule has 2 aliphatic carbocycles. The molecule has 0 aromatic carbocycles. The second-order valence-electron chi connectivity index (χ2n) is 5.03. The van der Waals surface area contributed by atoms with Crippen LogP contribution in [0.3, 0.4) is 0 Å². The van der Waals surface area contributed by atoms with Gasteiger partial charge in [-0.25, -0.2) is 0 Å². The van der Waals surface area contributed by atoms with Crippen molar-refractivity contribution in [3.05, 3.63) is 0 Å². The molecule has 1 heteroatoms. The van der Waals surface area contributed by atoms with E-state index in [1.54, 1.807) is 0 Å². The summed E-state index contributed by atoms with van der Waals surface area (Å²) in [7, 11) is 0. The van der Waals surface area contributed by atoms with Crippen LogP contribution < -0.4 is 5.32 Å². The molecule has 1 N–H and O–H groups in total. The normalized spacial score (nSPS) is 44.8. The summed E-state index contributed by atoms with van der Waals surface area (Å²) in [5.41, 5.74) is 0. The molecular formula is C12H23N. The van der Waals surface area contributed by atoms with Crippen molar-refractivity contribution in [3.63, 3.8) is 0 Å². The van der Waals surface area contributed by atoms with E-state index in [0.717, 1.165) is 23.9 Å². The molecule has 1 nitrogen and oxygen atoms in total. The highest BCUT2D eigenvalue weighted by Crippen LogP contribution is 2.33. The van der Waals surface area contributed by atoms with Crippen molar-refractivity contribution in [2.75, 3.05) is 0 Å². The Bertz CT molecular complexity index is 167. The van der Waals surface area contributed by atoms with Crippen molar-refractivity contribution in [2.45, 2.75) is 64.5 Å². The van der Waals surface area contributed by atoms with E-state index in [1.165, 1.54) is 38.5 Å². The van der Waals surface area contributed by atoms with Gasteiger partial charge < -0.3 is 5.32 Å². The Hall–Kier alpha value is -0.0400. The fraction of sp³-hybridized carbons (Fsp3) is 1.00. The van der Waals surface area contributed by atoms with E-state index in [0.29, 0.717) is 0 Å². The molecule has 2 rings (SSSR count). The van der Waals surface area contributed by atoms with Gasteiger partial charge in [0.2, 0.25) is 0 Å². The van der Waals surface area contributed by atoms with Crippen molar-refractivity contribution < 1.29 is 0 Å². The molecule has 4 unspecified atom stereocenters. The van der Waals surface area contributed by atoms with E-state index in [9.17, 15) is 0 Å². The first-order valence-corrected chi connectivity index (χ1v) is 6.07. The second-order valence-corrected chi connectivity index (χ2v) is 5.03. The van der Waals surface area contributed by atoms with Gasteiger partial charge in [-0.15, -0.1) is 0 Å². The lowest BCUT2D eigenvalue weighted by Crippen LogP contribution is -2.48. The lowest BCUT2D eigenvalue weighted by atomic mass is 9.80. The molecule has 0 aromatic rings. The third kappa shape index (κ3) is 1.90. The van der Waals surface area contributed by atoms with E-state index in [1.807, 2.05) is 0 Å². The van der Waals surface area contributed by atoms with Gasteiger partial charge in [0.05, 0.1) is 0 Å². The summed E-state index contributed by atoms with van der Waals surface area (Å²) in [6.45, 7) is 4.73. The molecule has 0 aromatic heterocycles. The zero-order valence-electron chi connectivity index (χ0n) is 9.05. The van der Waals surface area contributed by atoms with Crippen molar-refractivity contribution >= 4 is 0 Å². The second kappa shape index (κ2) is 4.00. The lowest BCUT2D eigenvalue weighted by molar-refractivity contribution is 0.194. The Morgan fingerprint density at radius 3 is 2.46 bits per heavy atom. The minimum Gasteiger partial charge on any atom is -0.311 e. The molecule has 13 heavy (non-hydrogen) atoms. The lowest BCUT2D eigenvalue weighted by Gasteiger charge is -2.38. The molecule has 0 radical (unpaired) electrons. The van der Waals surface area contributed by atoms with E-state index < -0.39 is 0 Å². The van der Waals surface area contributed by atoms with Crippen LogP contribution in [0.5, 0.6) is 0 Å². The van der Waals surface area contributed by atoms with Gasteiger partial charge in [-0.05, 0) is 37.5 Å². The Morgan fingerprint density at radius 1 is 1.08 bits per heavy atom. The van der Waals surface area contributed by atoms with E-state index in [4.69, 9.17) is 0 Å². The quantitative estimate of drug-likeness (QED) is 0.706. The third-order valence-electron chi connectivity index (χ3n) is 4.23. The Morgan fingerprint density at radius 2 is 1.92 bits per heavy atom. The molecule has 2 aliphatic rings. The molecule has 2 saturated carbocycles. The molecule has 0 aliphatic heterocycles. The summed E-state index contributed by atoms with van der Waals surface area (Å²) < 4.78 is 0. The first kappa shape index (κ1) is 9.51. The van der Waals surface area contributed by atoms with Gasteiger partial charge in [0.15, 0.2) is 0 Å². The number of nitrogens with one attached hydrogen (secondary N) is 1. The monoisotopic (exact) mass is 181 g/mol. The summed E-state index contributed by atoms with van der Waals surface area (Å²) in [6.07, 6.45) is 8.60. The first-order valence-electron chi connectivity index (χ1n) is 6.07. The minimum absolute atomic E-state index is 0.858. The number of rotatable bonds is 3. The number of hydrogen-bond donors (Lipinski definition) is 1. The van der Waals surface area contributed by atoms with Gasteiger partial charge in [0, 0.05) is 12.1 Å². The Balaban J connectivity index is 1.79. The fourth-order valence-electron chi connectivity index (χ4n) is 2.93. The van der Waals surface area contributed by atoms with Gasteiger partial charge in [0.25, 0.3) is 0 Å². The summed E-state index contributed by atoms with van der Waals surface area (Å²) in [4.78, 5) is 0. The highest BCUT2D eigenvalue weighted by molar-refractivity contribution is 4.90. The molecular weight excluding hydrogens is 158 g/mol. The van der Waals surface area contributed by atoms with Crippen LogP contribution in [0.4, 0.5) is 0 Å². The molecule has 0 amide bonds. The molecule has 2 fully saturated rings. The summed E-state index contributed by atoms with van der Waals surface area (Å²) >= 11 is 0. The van der Waals surface area contributed by atoms with Gasteiger partial charge in [-0.1, -0.05) is 26.7 Å². The van der Waals surface area contributed by atoms with Crippen LogP contribution in [-0.4, -0.2) is 12.1 Å². The smallest absolute Gasteiger partial charge is 0.00979 e. The van der Waals surface area contributed by atoms with Crippen LogP contribution in [0.1, 0.15) is 52.4 Å². The largest absolute Gasteiger partial charge is 0.311 e. The Labute approximate surface area is 82.3 Å². The van der Waals surface area contributed by atoms with E-state index in [-0.39, 0.29) is 0 Å². The maximum absolute atomic E-state index is 3.87. The molecule has 0 saturated heterocycles. The third-order valence-corrected chi connectivity index (χ3v) is 4.23. The van der Waals surface area contributed by atoms with Gasteiger partial charge >= 0.3 is 0 Å². The zero-order valence-corrected chi connectivity index (χ0v) is 9.05. The average molecular weight is 181 g/mol. The summed E-state index contributed by atoms with van der Waals surface area (Å²) in [6, 6.07) is 1.72. The van der Waals surface area contributed by atoms with Crippen molar-refractivity contribution in [1.82, 2.24) is 5.32 Å². The predicted octanol–water partition coefficient (Wildman–Crippen LogP) is 2.95. The summed E-state index contributed by atoms with van der Waals surface area (Å²) in [5.74, 6) is 1.92. The van der Waals surface area contributed by atoms with Crippen LogP contribution >= 0.6 is 0 Å². The van der Waals surface area contributed by atoms with Gasteiger partial charge in [-0.3, -0.25) is 0 Å². The van der Waals surface area contributed by atoms with Crippen LogP contribution in [0.2, 0.25) is 0 Å². The van der Waals surface area contributed by atoms with Crippen molar-refractivity contribution in [2.24, 2.45) is 11.8 Å². The van der Waals surface area contributed by atoms with Crippen molar-refractivity contribution in [1.29, 1.82) is 0 Å². The highest BCUT2D eigenvalue weighted by Gasteiger charge is 2.32. The Kier molecular flexibility index (Phi) is 2.92. The van der Waals surface area contributed by atoms with Gasteiger partial charge in [-0.2, -0.15) is 0 Å². The highest BCUT2D eigenvalue weighted by atomic mass is 15.0. The van der Waals surface area contributed by atoms with Crippen molar-refractivity contribution in [3.8, 4) is 0 Å². The maximum atomic E-state index is 3.87. The maximum Gasteiger partial charge on any atom is 0.00979 e. The molecule has 0 spiro atoms. The minimum atomic E-state index is 0.858. The van der Waals surface area contributed by atoms with Crippen LogP contribution in [-0.2, 0) is 0 Å². The first-order chi connectivity index (χ1) is 6.31. The molecule has 76 valence electrons. The van der Waals surface area contributed by atoms with E-state index >= 15 is 0 Å². The number of hydrogen-bond acceptors (Lipinski definition) is 1. The van der Waals surface area contributed by atoms with Crippen LogP contribution in [0, 0.1) is 11.8 Å². The summed E-state index contributed by atoms with van der Waals surface area (Å²) in [5, 5.41) is 3.87. The fourth-order valence-corrected chi connectivity index (χ4v) is 2.93. The average Bonchev–Trinajstić information content (AvgIpc) is 2.58. The predicted molar refractivity (Wildman–Crippen MR) is 56.7 cm³/mol. The molecule has 0 bridgehead atoms. The SMILES string of the molecule is CCC1CCCC1NC1CCC1C. The van der Waals surface area contributed by atoms with E-state index in [2.05, 4.69) is 19.2 Å². The zero-order chi connectivity index (χ0) is 9.26. The molecule has 0 heterocycles. The standard InChI is InChI=1S/C12H23N/c1-3-10-5-4-6-12(10)13-11-8-7-9(11)2/h9-13H,3-8H2,1-2H3.